The first-order valence-corrected chi connectivity index (χ1v) is 4.19. The summed E-state index contributed by atoms with van der Waals surface area (Å²) in [6, 6.07) is 2.43. The third-order valence-corrected chi connectivity index (χ3v) is 1.97. The van der Waals surface area contributed by atoms with Crippen LogP contribution in [0.4, 0.5) is 4.39 Å². The number of benzene rings is 1. The van der Waals surface area contributed by atoms with E-state index in [1.807, 2.05) is 0 Å². The predicted molar refractivity (Wildman–Crippen MR) is 49.8 cm³/mol. The Hall–Kier alpha value is -0.640. The number of ketones is 1. The summed E-state index contributed by atoms with van der Waals surface area (Å²) >= 11 is 11.0. The Balaban J connectivity index is 3.28. The Labute approximate surface area is 84.4 Å². The number of hydrogen-bond acceptors (Lipinski definition) is 2. The van der Waals surface area contributed by atoms with Crippen molar-refractivity contribution in [1.29, 1.82) is 0 Å². The highest BCUT2D eigenvalue weighted by Gasteiger charge is 2.14. The Kier molecular flexibility index (Phi) is 3.25. The molecule has 2 nitrogen and oxygen atoms in total. The molecule has 2 N–H and O–H groups in total. The van der Waals surface area contributed by atoms with Gasteiger partial charge >= 0.3 is 0 Å². The van der Waals surface area contributed by atoms with Crippen LogP contribution < -0.4 is 5.73 Å². The summed E-state index contributed by atoms with van der Waals surface area (Å²) in [6.07, 6.45) is 0. The highest BCUT2D eigenvalue weighted by Crippen LogP contribution is 2.23. The molecule has 0 saturated heterocycles. The van der Waals surface area contributed by atoms with Crippen molar-refractivity contribution in [3.05, 3.63) is 33.6 Å². The molecule has 0 fully saturated rings. The molecule has 1 aromatic rings. The lowest BCUT2D eigenvalue weighted by molar-refractivity contribution is 0.0997. The van der Waals surface area contributed by atoms with Gasteiger partial charge in [-0.3, -0.25) is 4.79 Å². The minimum absolute atomic E-state index is 0.167. The topological polar surface area (TPSA) is 43.1 Å². The van der Waals surface area contributed by atoms with Crippen LogP contribution in [-0.4, -0.2) is 12.3 Å². The number of Topliss-reactive ketones (excluding diaryl/α,β-unsaturated/α-hetero) is 1. The quantitative estimate of drug-likeness (QED) is 0.616. The summed E-state index contributed by atoms with van der Waals surface area (Å²) in [5.74, 6) is -1.30. The third kappa shape index (κ3) is 2.18. The number of carbonyl (C=O) groups is 1. The van der Waals surface area contributed by atoms with Gasteiger partial charge in [-0.2, -0.15) is 0 Å². The van der Waals surface area contributed by atoms with Gasteiger partial charge in [-0.1, -0.05) is 23.2 Å². The van der Waals surface area contributed by atoms with Gasteiger partial charge < -0.3 is 5.73 Å². The van der Waals surface area contributed by atoms with E-state index in [0.29, 0.717) is 0 Å². The van der Waals surface area contributed by atoms with Crippen LogP contribution in [0, 0.1) is 5.82 Å². The third-order valence-electron chi connectivity index (χ3n) is 1.48. The van der Waals surface area contributed by atoms with Gasteiger partial charge in [-0.05, 0) is 12.1 Å². The van der Waals surface area contributed by atoms with Crippen LogP contribution in [0.1, 0.15) is 10.4 Å². The minimum atomic E-state index is -0.776. The van der Waals surface area contributed by atoms with Gasteiger partial charge in [0.05, 0.1) is 17.1 Å². The van der Waals surface area contributed by atoms with Crippen molar-refractivity contribution in [2.45, 2.75) is 0 Å². The van der Waals surface area contributed by atoms with Gasteiger partial charge in [0, 0.05) is 5.02 Å². The molecule has 1 aromatic carbocycles. The fourth-order valence-corrected chi connectivity index (χ4v) is 1.36. The summed E-state index contributed by atoms with van der Waals surface area (Å²) in [4.78, 5) is 11.1. The van der Waals surface area contributed by atoms with Gasteiger partial charge in [0.25, 0.3) is 0 Å². The standard InChI is InChI=1S/C8H6Cl2FNO/c9-4-1-5(7(13)3-12)8(11)6(10)2-4/h1-2H,3,12H2. The lowest BCUT2D eigenvalue weighted by Crippen LogP contribution is -2.15. The van der Waals surface area contributed by atoms with E-state index in [0.717, 1.165) is 0 Å². The molecule has 0 saturated carbocycles. The van der Waals surface area contributed by atoms with Crippen LogP contribution in [0.25, 0.3) is 0 Å². The van der Waals surface area contributed by atoms with Crippen molar-refractivity contribution in [3.8, 4) is 0 Å². The molecule has 0 unspecified atom stereocenters. The molecule has 0 aliphatic carbocycles. The first kappa shape index (κ1) is 10.4. The summed E-state index contributed by atoms with van der Waals surface area (Å²) in [7, 11) is 0. The lowest BCUT2D eigenvalue weighted by atomic mass is 10.1. The monoisotopic (exact) mass is 221 g/mol. The lowest BCUT2D eigenvalue weighted by Gasteiger charge is -2.02. The molecule has 1 rings (SSSR count). The molecule has 0 aliphatic heterocycles. The van der Waals surface area contributed by atoms with E-state index >= 15 is 0 Å². The molecule has 5 heteroatoms. The van der Waals surface area contributed by atoms with Gasteiger partial charge in [-0.15, -0.1) is 0 Å². The highest BCUT2D eigenvalue weighted by atomic mass is 35.5. The normalized spacial score (nSPS) is 10.2. The molecule has 13 heavy (non-hydrogen) atoms. The summed E-state index contributed by atoms with van der Waals surface area (Å²) < 4.78 is 13.2. The van der Waals surface area contributed by atoms with Crippen molar-refractivity contribution in [3.63, 3.8) is 0 Å². The second-order valence-corrected chi connectivity index (χ2v) is 3.22. The Morgan fingerprint density at radius 2 is 2.08 bits per heavy atom. The van der Waals surface area contributed by atoms with Gasteiger partial charge in [0.1, 0.15) is 0 Å². The molecule has 0 amide bonds. The molecular weight excluding hydrogens is 216 g/mol. The van der Waals surface area contributed by atoms with E-state index in [9.17, 15) is 9.18 Å². The largest absolute Gasteiger partial charge is 0.324 e. The van der Waals surface area contributed by atoms with Crippen LogP contribution in [0.2, 0.25) is 10.0 Å². The number of carbonyl (C=O) groups excluding carboxylic acids is 1. The molecule has 0 radical (unpaired) electrons. The first-order valence-electron chi connectivity index (χ1n) is 3.44. The molecule has 0 heterocycles. The zero-order valence-electron chi connectivity index (χ0n) is 6.48. The van der Waals surface area contributed by atoms with Crippen molar-refractivity contribution in [2.24, 2.45) is 5.73 Å². The maximum Gasteiger partial charge on any atom is 0.179 e. The number of rotatable bonds is 2. The van der Waals surface area contributed by atoms with Crippen LogP contribution in [0.15, 0.2) is 12.1 Å². The maximum absolute atomic E-state index is 13.2. The second-order valence-electron chi connectivity index (χ2n) is 2.38. The molecule has 0 bridgehead atoms. The molecular formula is C8H6Cl2FNO. The van der Waals surface area contributed by atoms with Crippen LogP contribution in [-0.2, 0) is 0 Å². The Bertz CT molecular complexity index is 354. The van der Waals surface area contributed by atoms with Gasteiger partial charge in [0.2, 0.25) is 0 Å². The summed E-state index contributed by atoms with van der Waals surface area (Å²) in [5.41, 5.74) is 4.90. The zero-order chi connectivity index (χ0) is 10.0. The zero-order valence-corrected chi connectivity index (χ0v) is 7.99. The van der Waals surface area contributed by atoms with E-state index in [4.69, 9.17) is 28.9 Å². The SMILES string of the molecule is NCC(=O)c1cc(Cl)cc(Cl)c1F. The highest BCUT2D eigenvalue weighted by molar-refractivity contribution is 6.35. The molecule has 0 aromatic heterocycles. The van der Waals surface area contributed by atoms with E-state index in [1.165, 1.54) is 12.1 Å². The average molecular weight is 222 g/mol. The number of nitrogens with two attached hydrogens (primary N) is 1. The second kappa shape index (κ2) is 4.05. The molecule has 0 atom stereocenters. The van der Waals surface area contributed by atoms with E-state index in [1.54, 1.807) is 0 Å². The van der Waals surface area contributed by atoms with Crippen molar-refractivity contribution >= 4 is 29.0 Å². The molecule has 0 aliphatic rings. The van der Waals surface area contributed by atoms with Crippen molar-refractivity contribution in [1.82, 2.24) is 0 Å². The van der Waals surface area contributed by atoms with Gasteiger partial charge in [0.15, 0.2) is 11.6 Å². The Morgan fingerprint density at radius 1 is 1.46 bits per heavy atom. The van der Waals surface area contributed by atoms with Crippen LogP contribution >= 0.6 is 23.2 Å². The molecule has 0 spiro atoms. The van der Waals surface area contributed by atoms with E-state index < -0.39 is 11.6 Å². The smallest absolute Gasteiger partial charge is 0.179 e. The van der Waals surface area contributed by atoms with Crippen LogP contribution in [0.3, 0.4) is 0 Å². The first-order chi connectivity index (χ1) is 6.06. The minimum Gasteiger partial charge on any atom is -0.324 e. The van der Waals surface area contributed by atoms with Crippen molar-refractivity contribution in [2.75, 3.05) is 6.54 Å². The number of halogens is 3. The molecule has 70 valence electrons. The predicted octanol–water partition coefficient (Wildman–Crippen LogP) is 2.27. The maximum atomic E-state index is 13.2. The fourth-order valence-electron chi connectivity index (χ4n) is 0.869. The van der Waals surface area contributed by atoms with Gasteiger partial charge in [-0.25, -0.2) is 4.39 Å². The number of hydrogen-bond donors (Lipinski definition) is 1. The van der Waals surface area contributed by atoms with E-state index in [2.05, 4.69) is 0 Å². The summed E-state index contributed by atoms with van der Waals surface area (Å²) in [6.45, 7) is -0.270. The average Bonchev–Trinajstić information content (AvgIpc) is 2.10. The van der Waals surface area contributed by atoms with E-state index in [-0.39, 0.29) is 22.2 Å². The Morgan fingerprint density at radius 3 is 2.62 bits per heavy atom. The summed E-state index contributed by atoms with van der Waals surface area (Å²) in [5, 5.41) is 0.0347. The van der Waals surface area contributed by atoms with Crippen LogP contribution in [0.5, 0.6) is 0 Å². The fraction of sp³-hybridized carbons (Fsp3) is 0.125. The van der Waals surface area contributed by atoms with Crippen molar-refractivity contribution < 1.29 is 9.18 Å².